The van der Waals surface area contributed by atoms with Crippen LogP contribution >= 0.6 is 15.9 Å². The molecule has 168 valence electrons. The first-order valence-electron chi connectivity index (χ1n) is 10.3. The van der Waals surface area contributed by atoms with Crippen LogP contribution in [0, 0.1) is 33.3 Å². The summed E-state index contributed by atoms with van der Waals surface area (Å²) in [5, 5.41) is 20.6. The molecule has 2 aromatic carbocycles. The van der Waals surface area contributed by atoms with Gasteiger partial charge in [-0.25, -0.2) is 4.90 Å². The molecule has 3 aliphatic heterocycles. The first kappa shape index (κ1) is 21.7. The maximum absolute atomic E-state index is 13.6. The third-order valence-electron chi connectivity index (χ3n) is 6.35. The van der Waals surface area contributed by atoms with Crippen molar-refractivity contribution in [1.82, 2.24) is 4.90 Å². The number of carbonyl (C=O) groups excluding carboxylic acids is 3. The van der Waals surface area contributed by atoms with Gasteiger partial charge in [0.1, 0.15) is 6.04 Å². The van der Waals surface area contributed by atoms with Crippen LogP contribution in [0.5, 0.6) is 0 Å². The van der Waals surface area contributed by atoms with E-state index in [1.54, 1.807) is 41.4 Å². The maximum Gasteiger partial charge on any atom is 0.270 e. The summed E-state index contributed by atoms with van der Waals surface area (Å²) < 4.78 is 0.681. The molecule has 34 heavy (non-hydrogen) atoms. The van der Waals surface area contributed by atoms with Crippen molar-refractivity contribution in [2.75, 3.05) is 4.90 Å². The van der Waals surface area contributed by atoms with Gasteiger partial charge in [0, 0.05) is 28.4 Å². The Morgan fingerprint density at radius 1 is 1.09 bits per heavy atom. The summed E-state index contributed by atoms with van der Waals surface area (Å²) >= 11 is 3.35. The second kappa shape index (κ2) is 8.04. The summed E-state index contributed by atoms with van der Waals surface area (Å²) in [6.45, 7) is 0. The number of fused-ring (bicyclic) bond motifs is 3. The van der Waals surface area contributed by atoms with Crippen molar-refractivity contribution in [3.8, 4) is 6.07 Å². The van der Waals surface area contributed by atoms with Crippen LogP contribution in [0.15, 0.2) is 76.9 Å². The lowest BCUT2D eigenvalue weighted by Crippen LogP contribution is -2.46. The number of imide groups is 1. The lowest BCUT2D eigenvalue weighted by Gasteiger charge is -2.32. The van der Waals surface area contributed by atoms with Crippen molar-refractivity contribution in [2.24, 2.45) is 11.8 Å². The molecular formula is C24H15BrN4O5. The van der Waals surface area contributed by atoms with Gasteiger partial charge in [-0.15, -0.1) is 0 Å². The van der Waals surface area contributed by atoms with E-state index in [0.717, 1.165) is 4.90 Å². The summed E-state index contributed by atoms with van der Waals surface area (Å²) in [5.74, 6) is -3.38. The number of nitriles is 1. The van der Waals surface area contributed by atoms with Gasteiger partial charge in [0.25, 0.3) is 5.69 Å². The maximum atomic E-state index is 13.6. The highest BCUT2D eigenvalue weighted by atomic mass is 79.9. The first-order chi connectivity index (χ1) is 16.3. The Balaban J connectivity index is 1.61. The normalized spacial score (nSPS) is 25.0. The zero-order chi connectivity index (χ0) is 24.1. The number of anilines is 1. The second-order valence-electron chi connectivity index (χ2n) is 8.15. The van der Waals surface area contributed by atoms with E-state index in [9.17, 15) is 29.8 Å². The Bertz CT molecular complexity index is 1380. The van der Waals surface area contributed by atoms with Gasteiger partial charge in [0.05, 0.1) is 40.1 Å². The summed E-state index contributed by atoms with van der Waals surface area (Å²) in [6.07, 6.45) is 4.66. The quantitative estimate of drug-likeness (QED) is 0.263. The van der Waals surface area contributed by atoms with E-state index in [1.807, 2.05) is 6.07 Å². The van der Waals surface area contributed by atoms with Gasteiger partial charge in [0.2, 0.25) is 11.8 Å². The number of halogens is 1. The molecule has 2 fully saturated rings. The highest BCUT2D eigenvalue weighted by molar-refractivity contribution is 9.10. The number of hydrogen-bond donors (Lipinski definition) is 0. The molecule has 2 saturated heterocycles. The SMILES string of the molecule is N#CC1=C[C@@H]2[C@@H]3C(=O)N(c4cccc(Br)c4)C(=O)[C@H]3[C@H](C(=O)c3cccc([N+](=O)[O-])c3)N2C=C1. The van der Waals surface area contributed by atoms with Crippen molar-refractivity contribution in [2.45, 2.75) is 12.1 Å². The Labute approximate surface area is 201 Å². The number of rotatable bonds is 4. The standard InChI is InChI=1S/C24H15BrN4O5/c25-15-4-2-5-16(11-15)28-23(31)19-18-9-13(12-26)7-8-27(18)21(20(19)24(28)32)22(30)14-3-1-6-17(10-14)29(33)34/h1-11,18-21H/t18-,19+,20-,21-/m1/s1. The summed E-state index contributed by atoms with van der Waals surface area (Å²) in [7, 11) is 0. The average molecular weight is 519 g/mol. The first-order valence-corrected chi connectivity index (χ1v) is 11.1. The van der Waals surface area contributed by atoms with Crippen LogP contribution in [-0.2, 0) is 9.59 Å². The monoisotopic (exact) mass is 518 g/mol. The molecule has 3 heterocycles. The predicted molar refractivity (Wildman–Crippen MR) is 123 cm³/mol. The molecule has 4 atom stereocenters. The van der Waals surface area contributed by atoms with Gasteiger partial charge in [-0.3, -0.25) is 24.5 Å². The van der Waals surface area contributed by atoms with Crippen LogP contribution in [0.2, 0.25) is 0 Å². The molecule has 2 aromatic rings. The number of hydrogen-bond acceptors (Lipinski definition) is 7. The van der Waals surface area contributed by atoms with Crippen molar-refractivity contribution < 1.29 is 19.3 Å². The van der Waals surface area contributed by atoms with E-state index in [1.165, 1.54) is 30.3 Å². The lowest BCUT2D eigenvalue weighted by atomic mass is 9.86. The number of non-ortho nitro benzene ring substituents is 1. The van der Waals surface area contributed by atoms with E-state index in [-0.39, 0.29) is 11.3 Å². The molecule has 0 unspecified atom stereocenters. The Hall–Kier alpha value is -4.10. The number of carbonyl (C=O) groups is 3. The molecule has 10 heteroatoms. The van der Waals surface area contributed by atoms with Crippen molar-refractivity contribution in [3.63, 3.8) is 0 Å². The van der Waals surface area contributed by atoms with E-state index < -0.39 is 46.4 Å². The predicted octanol–water partition coefficient (Wildman–Crippen LogP) is 3.38. The molecule has 2 amide bonds. The largest absolute Gasteiger partial charge is 0.359 e. The summed E-state index contributed by atoms with van der Waals surface area (Å²) in [4.78, 5) is 54.1. The number of benzene rings is 2. The Morgan fingerprint density at radius 2 is 1.82 bits per heavy atom. The minimum atomic E-state index is -1.06. The number of Topliss-reactive ketones (excluding diaryl/α,β-unsaturated/α-hetero) is 1. The molecule has 0 spiro atoms. The fourth-order valence-electron chi connectivity index (χ4n) is 4.93. The van der Waals surface area contributed by atoms with Gasteiger partial charge in [-0.2, -0.15) is 5.26 Å². The number of ketones is 1. The fourth-order valence-corrected chi connectivity index (χ4v) is 5.32. The fraction of sp³-hybridized carbons (Fsp3) is 0.167. The van der Waals surface area contributed by atoms with Gasteiger partial charge in [-0.05, 0) is 30.4 Å². The van der Waals surface area contributed by atoms with Crippen LogP contribution in [0.3, 0.4) is 0 Å². The molecule has 0 aromatic heterocycles. The smallest absolute Gasteiger partial charge is 0.270 e. The number of nitrogens with zero attached hydrogens (tertiary/aromatic N) is 4. The molecule has 0 saturated carbocycles. The van der Waals surface area contributed by atoms with Gasteiger partial charge in [0.15, 0.2) is 5.78 Å². The molecule has 0 bridgehead atoms. The third kappa shape index (κ3) is 3.24. The molecule has 9 nitrogen and oxygen atoms in total. The van der Waals surface area contributed by atoms with Crippen LogP contribution in [0.25, 0.3) is 0 Å². The number of allylic oxidation sites excluding steroid dienone is 2. The average Bonchev–Trinajstić information content (AvgIpc) is 3.30. The molecule has 3 aliphatic rings. The molecule has 5 rings (SSSR count). The summed E-state index contributed by atoms with van der Waals surface area (Å²) in [6, 6.07) is 12.4. The highest BCUT2D eigenvalue weighted by Crippen LogP contribution is 2.47. The van der Waals surface area contributed by atoms with Gasteiger partial charge < -0.3 is 4.90 Å². The van der Waals surface area contributed by atoms with E-state index in [2.05, 4.69) is 15.9 Å². The zero-order valence-corrected chi connectivity index (χ0v) is 19.0. The van der Waals surface area contributed by atoms with Crippen LogP contribution < -0.4 is 4.90 Å². The van der Waals surface area contributed by atoms with Gasteiger partial charge >= 0.3 is 0 Å². The van der Waals surface area contributed by atoms with E-state index in [0.29, 0.717) is 15.7 Å². The number of amides is 2. The van der Waals surface area contributed by atoms with Crippen molar-refractivity contribution >= 4 is 44.9 Å². The second-order valence-corrected chi connectivity index (χ2v) is 9.06. The Morgan fingerprint density at radius 3 is 2.53 bits per heavy atom. The summed E-state index contributed by atoms with van der Waals surface area (Å²) in [5.41, 5.74) is 0.526. The molecular weight excluding hydrogens is 504 g/mol. The van der Waals surface area contributed by atoms with E-state index >= 15 is 0 Å². The van der Waals surface area contributed by atoms with Crippen LogP contribution in [0.1, 0.15) is 10.4 Å². The van der Waals surface area contributed by atoms with Crippen molar-refractivity contribution in [1.29, 1.82) is 5.26 Å². The highest BCUT2D eigenvalue weighted by Gasteiger charge is 2.63. The minimum absolute atomic E-state index is 0.0724. The minimum Gasteiger partial charge on any atom is -0.359 e. The Kier molecular flexibility index (Phi) is 5.14. The van der Waals surface area contributed by atoms with Crippen LogP contribution in [0.4, 0.5) is 11.4 Å². The zero-order valence-electron chi connectivity index (χ0n) is 17.4. The molecule has 0 N–H and O–H groups in total. The van der Waals surface area contributed by atoms with Crippen molar-refractivity contribution in [3.05, 3.63) is 92.6 Å². The number of nitro groups is 1. The topological polar surface area (TPSA) is 125 Å². The van der Waals surface area contributed by atoms with Crippen LogP contribution in [-0.4, -0.2) is 39.5 Å². The number of nitro benzene ring substituents is 1. The third-order valence-corrected chi connectivity index (χ3v) is 6.85. The molecule has 0 aliphatic carbocycles. The molecule has 0 radical (unpaired) electrons. The van der Waals surface area contributed by atoms with Gasteiger partial charge in [-0.1, -0.05) is 34.1 Å². The van der Waals surface area contributed by atoms with E-state index in [4.69, 9.17) is 0 Å². The lowest BCUT2D eigenvalue weighted by molar-refractivity contribution is -0.384.